The summed E-state index contributed by atoms with van der Waals surface area (Å²) in [6.07, 6.45) is -0.300. The van der Waals surface area contributed by atoms with Gasteiger partial charge in [-0.15, -0.1) is 0 Å². The van der Waals surface area contributed by atoms with Crippen LogP contribution in [0.5, 0.6) is 0 Å². The van der Waals surface area contributed by atoms with Crippen LogP contribution in [0.1, 0.15) is 59.9 Å². The summed E-state index contributed by atoms with van der Waals surface area (Å²) in [5.74, 6) is 0.0919. The topological polar surface area (TPSA) is 48.0 Å². The molecule has 0 saturated carbocycles. The summed E-state index contributed by atoms with van der Waals surface area (Å²) >= 11 is 6.07. The van der Waals surface area contributed by atoms with Gasteiger partial charge in [0.2, 0.25) is 0 Å². The van der Waals surface area contributed by atoms with E-state index < -0.39 is 23.9 Å². The van der Waals surface area contributed by atoms with E-state index in [1.165, 1.54) is 0 Å². The lowest BCUT2D eigenvalue weighted by Gasteiger charge is -2.32. The quantitative estimate of drug-likeness (QED) is 0.637. The van der Waals surface area contributed by atoms with E-state index >= 15 is 0 Å². The first kappa shape index (κ1) is 21.5. The SMILES string of the molecule is CC(C)(C)OC(=O)N1C[C@H](B2OC(C)(C)C(C)(C)O2)[C@H](c2ccc(Cl)cc2)C1. The third kappa shape index (κ3) is 4.34. The number of carbonyl (C=O) groups is 1. The van der Waals surface area contributed by atoms with Gasteiger partial charge in [0.05, 0.1) is 11.2 Å². The van der Waals surface area contributed by atoms with Crippen molar-refractivity contribution in [1.82, 2.24) is 4.90 Å². The number of hydrogen-bond donors (Lipinski definition) is 0. The van der Waals surface area contributed by atoms with Crippen molar-refractivity contribution in [3.63, 3.8) is 0 Å². The lowest BCUT2D eigenvalue weighted by Crippen LogP contribution is -2.41. The molecule has 0 spiro atoms. The molecule has 5 nitrogen and oxygen atoms in total. The van der Waals surface area contributed by atoms with Gasteiger partial charge in [-0.05, 0) is 66.2 Å². The van der Waals surface area contributed by atoms with E-state index in [0.29, 0.717) is 18.1 Å². The van der Waals surface area contributed by atoms with E-state index in [-0.39, 0.29) is 17.8 Å². The van der Waals surface area contributed by atoms with Crippen LogP contribution in [0.3, 0.4) is 0 Å². The number of halogens is 1. The Hall–Kier alpha value is -1.24. The van der Waals surface area contributed by atoms with Gasteiger partial charge >= 0.3 is 13.2 Å². The normalized spacial score (nSPS) is 26.6. The summed E-state index contributed by atoms with van der Waals surface area (Å²) in [4.78, 5) is 14.5. The zero-order chi connectivity index (χ0) is 20.9. The Kier molecular flexibility index (Phi) is 5.54. The fraction of sp³-hybridized carbons (Fsp3) is 0.667. The van der Waals surface area contributed by atoms with Crippen molar-refractivity contribution in [2.24, 2.45) is 0 Å². The molecule has 2 fully saturated rings. The molecule has 0 aromatic heterocycles. The Bertz CT molecular complexity index is 713. The monoisotopic (exact) mass is 407 g/mol. The van der Waals surface area contributed by atoms with Gasteiger partial charge in [-0.1, -0.05) is 23.7 Å². The number of hydrogen-bond acceptors (Lipinski definition) is 4. The zero-order valence-corrected chi connectivity index (χ0v) is 18.7. The fourth-order valence-corrected chi connectivity index (χ4v) is 3.83. The highest BCUT2D eigenvalue weighted by atomic mass is 35.5. The molecule has 2 aliphatic rings. The van der Waals surface area contributed by atoms with E-state index in [2.05, 4.69) is 0 Å². The van der Waals surface area contributed by atoms with Crippen LogP contribution in [0, 0.1) is 0 Å². The van der Waals surface area contributed by atoms with Crippen LogP contribution in [-0.4, -0.2) is 48.0 Å². The van der Waals surface area contributed by atoms with Crippen molar-refractivity contribution in [2.75, 3.05) is 13.1 Å². The smallest absolute Gasteiger partial charge is 0.444 e. The number of benzene rings is 1. The van der Waals surface area contributed by atoms with Crippen molar-refractivity contribution in [3.8, 4) is 0 Å². The largest absolute Gasteiger partial charge is 0.463 e. The van der Waals surface area contributed by atoms with Crippen molar-refractivity contribution < 1.29 is 18.8 Å². The molecule has 7 heteroatoms. The highest BCUT2D eigenvalue weighted by Crippen LogP contribution is 2.47. The minimum atomic E-state index is -0.532. The molecule has 2 saturated heterocycles. The summed E-state index contributed by atoms with van der Waals surface area (Å²) in [6, 6.07) is 7.80. The van der Waals surface area contributed by atoms with Crippen molar-refractivity contribution in [1.29, 1.82) is 0 Å². The number of ether oxygens (including phenoxy) is 1. The Balaban J connectivity index is 1.86. The van der Waals surface area contributed by atoms with Crippen LogP contribution in [0.25, 0.3) is 0 Å². The second kappa shape index (κ2) is 7.23. The first-order valence-corrected chi connectivity index (χ1v) is 10.3. The van der Waals surface area contributed by atoms with E-state index in [4.69, 9.17) is 25.6 Å². The Labute approximate surface area is 173 Å². The molecular weight excluding hydrogens is 376 g/mol. The van der Waals surface area contributed by atoms with Crippen LogP contribution in [0.2, 0.25) is 10.8 Å². The predicted octanol–water partition coefficient (Wildman–Crippen LogP) is 5.14. The first-order chi connectivity index (χ1) is 12.8. The minimum Gasteiger partial charge on any atom is -0.444 e. The molecule has 0 bridgehead atoms. The second-order valence-corrected chi connectivity index (χ2v) is 10.3. The molecule has 0 radical (unpaired) electrons. The third-order valence-corrected chi connectivity index (χ3v) is 6.19. The highest BCUT2D eigenvalue weighted by molar-refractivity contribution is 6.48. The molecule has 2 heterocycles. The van der Waals surface area contributed by atoms with Gasteiger partial charge in [0.25, 0.3) is 0 Å². The molecule has 28 heavy (non-hydrogen) atoms. The van der Waals surface area contributed by atoms with Crippen LogP contribution in [0.15, 0.2) is 24.3 Å². The van der Waals surface area contributed by atoms with Crippen molar-refractivity contribution >= 4 is 24.8 Å². The van der Waals surface area contributed by atoms with Crippen LogP contribution in [-0.2, 0) is 14.0 Å². The van der Waals surface area contributed by atoms with Crippen LogP contribution < -0.4 is 0 Å². The van der Waals surface area contributed by atoms with Crippen LogP contribution in [0.4, 0.5) is 4.79 Å². The van der Waals surface area contributed by atoms with Gasteiger partial charge in [0, 0.05) is 29.8 Å². The average Bonchev–Trinajstić information content (AvgIpc) is 3.06. The fourth-order valence-electron chi connectivity index (χ4n) is 3.71. The molecule has 0 N–H and O–H groups in total. The zero-order valence-electron chi connectivity index (χ0n) is 17.9. The summed E-state index contributed by atoms with van der Waals surface area (Å²) in [6.45, 7) is 14.9. The maximum Gasteiger partial charge on any atom is 0.463 e. The third-order valence-electron chi connectivity index (χ3n) is 5.94. The summed E-state index contributed by atoms with van der Waals surface area (Å²) in [5.41, 5.74) is -0.242. The Morgan fingerprint density at radius 3 is 2.14 bits per heavy atom. The number of likely N-dealkylation sites (tertiary alicyclic amines) is 1. The number of amides is 1. The lowest BCUT2D eigenvalue weighted by atomic mass is 9.65. The Morgan fingerprint density at radius 1 is 1.11 bits per heavy atom. The maximum absolute atomic E-state index is 12.7. The molecule has 2 atom stereocenters. The predicted molar refractivity (Wildman–Crippen MR) is 112 cm³/mol. The summed E-state index contributed by atoms with van der Waals surface area (Å²) in [7, 11) is -0.391. The minimum absolute atomic E-state index is 0.00902. The summed E-state index contributed by atoms with van der Waals surface area (Å²) < 4.78 is 18.3. The molecule has 1 amide bonds. The number of carbonyl (C=O) groups excluding carboxylic acids is 1. The molecule has 0 aliphatic carbocycles. The second-order valence-electron chi connectivity index (χ2n) is 9.83. The molecule has 3 rings (SSSR count). The average molecular weight is 408 g/mol. The maximum atomic E-state index is 12.7. The lowest BCUT2D eigenvalue weighted by molar-refractivity contribution is 0.00578. The van der Waals surface area contributed by atoms with E-state index in [0.717, 1.165) is 5.56 Å². The standard InChI is InChI=1S/C21H31BClNO4/c1-19(2,3)26-18(25)24-12-16(14-8-10-15(23)11-9-14)17(13-24)22-27-20(4,5)21(6,7)28-22/h8-11,16-17H,12-13H2,1-7H3/t16-,17-/m0/s1. The number of rotatable bonds is 2. The molecule has 0 unspecified atom stereocenters. The van der Waals surface area contributed by atoms with Crippen molar-refractivity contribution in [3.05, 3.63) is 34.9 Å². The molecule has 154 valence electrons. The molecular formula is C21H31BClNO4. The molecule has 1 aromatic carbocycles. The van der Waals surface area contributed by atoms with Crippen molar-refractivity contribution in [2.45, 2.75) is 77.0 Å². The Morgan fingerprint density at radius 2 is 1.64 bits per heavy atom. The van der Waals surface area contributed by atoms with Gasteiger partial charge in [-0.3, -0.25) is 0 Å². The van der Waals surface area contributed by atoms with E-state index in [1.54, 1.807) is 4.90 Å². The van der Waals surface area contributed by atoms with Gasteiger partial charge < -0.3 is 18.9 Å². The highest BCUT2D eigenvalue weighted by Gasteiger charge is 2.57. The molecule has 2 aliphatic heterocycles. The van der Waals surface area contributed by atoms with Gasteiger partial charge in [0.15, 0.2) is 0 Å². The van der Waals surface area contributed by atoms with Gasteiger partial charge in [0.1, 0.15) is 5.60 Å². The van der Waals surface area contributed by atoms with E-state index in [1.807, 2.05) is 72.7 Å². The number of nitrogens with zero attached hydrogens (tertiary/aromatic N) is 1. The summed E-state index contributed by atoms with van der Waals surface area (Å²) in [5, 5.41) is 0.693. The molecule has 1 aromatic rings. The van der Waals surface area contributed by atoms with E-state index in [9.17, 15) is 4.79 Å². The van der Waals surface area contributed by atoms with Gasteiger partial charge in [-0.2, -0.15) is 0 Å². The van der Waals surface area contributed by atoms with Gasteiger partial charge in [-0.25, -0.2) is 4.79 Å². The van der Waals surface area contributed by atoms with Crippen LogP contribution >= 0.6 is 11.6 Å². The first-order valence-electron chi connectivity index (χ1n) is 9.88.